The molecular weight excluding hydrogens is 320 g/mol. The molecule has 1 aliphatic heterocycles. The standard InChI is InChI=1S/C18H12N4O3/c19-8-12-15(20)13(14-16(23)21-18(24)22-17(14)25-12)11-7-3-5-9-4-1-2-6-10(9)11/h1-7,13H,20H2,(H2,21,22,23,24). The fraction of sp³-hybridized carbons (Fsp3) is 0.0556. The zero-order chi connectivity index (χ0) is 17.6. The highest BCUT2D eigenvalue weighted by Crippen LogP contribution is 2.40. The SMILES string of the molecule is N#CC1=C(N)C(c2cccc3ccccc23)c2c([nH]c(=O)[nH]c2=O)O1. The number of rotatable bonds is 1. The Morgan fingerprint density at radius 3 is 2.64 bits per heavy atom. The van der Waals surface area contributed by atoms with Crippen molar-refractivity contribution in [2.45, 2.75) is 5.92 Å². The van der Waals surface area contributed by atoms with Crippen LogP contribution in [-0.4, -0.2) is 9.97 Å². The lowest BCUT2D eigenvalue weighted by atomic mass is 9.85. The van der Waals surface area contributed by atoms with Gasteiger partial charge in [0.2, 0.25) is 11.6 Å². The minimum Gasteiger partial charge on any atom is -0.427 e. The zero-order valence-electron chi connectivity index (χ0n) is 12.9. The van der Waals surface area contributed by atoms with Crippen molar-refractivity contribution in [2.75, 3.05) is 0 Å². The first kappa shape index (κ1) is 14.8. The molecule has 1 atom stereocenters. The first-order valence-corrected chi connectivity index (χ1v) is 7.52. The van der Waals surface area contributed by atoms with Gasteiger partial charge in [-0.1, -0.05) is 42.5 Å². The van der Waals surface area contributed by atoms with Crippen LogP contribution in [0.3, 0.4) is 0 Å². The van der Waals surface area contributed by atoms with Crippen molar-refractivity contribution in [3.63, 3.8) is 0 Å². The van der Waals surface area contributed by atoms with Crippen molar-refractivity contribution < 1.29 is 4.74 Å². The molecule has 0 radical (unpaired) electrons. The molecule has 0 saturated heterocycles. The van der Waals surface area contributed by atoms with E-state index in [1.165, 1.54) is 0 Å². The Balaban J connectivity index is 2.10. The van der Waals surface area contributed by atoms with E-state index in [0.717, 1.165) is 16.3 Å². The second-order valence-electron chi connectivity index (χ2n) is 5.65. The summed E-state index contributed by atoms with van der Waals surface area (Å²) in [5.74, 6) is -0.894. The predicted octanol–water partition coefficient (Wildman–Crippen LogP) is 1.43. The van der Waals surface area contributed by atoms with Crippen LogP contribution in [0, 0.1) is 11.3 Å². The number of allylic oxidation sites excluding steroid dienone is 2. The van der Waals surface area contributed by atoms with Gasteiger partial charge in [0.25, 0.3) is 5.56 Å². The van der Waals surface area contributed by atoms with Crippen molar-refractivity contribution in [2.24, 2.45) is 5.73 Å². The summed E-state index contributed by atoms with van der Waals surface area (Å²) in [6.45, 7) is 0. The van der Waals surface area contributed by atoms with Crippen LogP contribution in [0.25, 0.3) is 10.8 Å². The third-order valence-electron chi connectivity index (χ3n) is 4.25. The largest absolute Gasteiger partial charge is 0.427 e. The highest BCUT2D eigenvalue weighted by molar-refractivity contribution is 5.87. The van der Waals surface area contributed by atoms with Gasteiger partial charge in [0.15, 0.2) is 0 Å². The van der Waals surface area contributed by atoms with E-state index in [1.807, 2.05) is 48.5 Å². The van der Waals surface area contributed by atoms with Gasteiger partial charge in [-0.25, -0.2) is 4.79 Å². The van der Waals surface area contributed by atoms with Gasteiger partial charge in [-0.15, -0.1) is 0 Å². The highest BCUT2D eigenvalue weighted by atomic mass is 16.5. The molecule has 122 valence electrons. The lowest BCUT2D eigenvalue weighted by Gasteiger charge is -2.26. The molecule has 0 fully saturated rings. The number of nitriles is 1. The van der Waals surface area contributed by atoms with Gasteiger partial charge in [0, 0.05) is 0 Å². The molecule has 1 aromatic heterocycles. The minimum atomic E-state index is -0.710. The summed E-state index contributed by atoms with van der Waals surface area (Å²) in [4.78, 5) is 28.6. The summed E-state index contributed by atoms with van der Waals surface area (Å²) in [5, 5.41) is 11.2. The van der Waals surface area contributed by atoms with Crippen LogP contribution in [-0.2, 0) is 0 Å². The molecule has 1 unspecified atom stereocenters. The maximum atomic E-state index is 12.4. The molecular formula is C18H12N4O3. The molecule has 0 amide bonds. The molecule has 0 spiro atoms. The van der Waals surface area contributed by atoms with Crippen LogP contribution >= 0.6 is 0 Å². The molecule has 2 aromatic carbocycles. The second-order valence-corrected chi connectivity index (χ2v) is 5.65. The number of aromatic amines is 2. The van der Waals surface area contributed by atoms with Crippen LogP contribution in [0.5, 0.6) is 5.88 Å². The van der Waals surface area contributed by atoms with E-state index in [4.69, 9.17) is 10.5 Å². The molecule has 2 heterocycles. The molecule has 4 N–H and O–H groups in total. The highest BCUT2D eigenvalue weighted by Gasteiger charge is 2.34. The van der Waals surface area contributed by atoms with E-state index in [9.17, 15) is 14.9 Å². The molecule has 3 aromatic rings. The average molecular weight is 332 g/mol. The van der Waals surface area contributed by atoms with Crippen molar-refractivity contribution >= 4 is 10.8 Å². The average Bonchev–Trinajstić information content (AvgIpc) is 2.61. The normalized spacial score (nSPS) is 16.2. The summed E-state index contributed by atoms with van der Waals surface area (Å²) in [7, 11) is 0. The fourth-order valence-corrected chi connectivity index (χ4v) is 3.18. The topological polar surface area (TPSA) is 125 Å². The predicted molar refractivity (Wildman–Crippen MR) is 90.9 cm³/mol. The number of fused-ring (bicyclic) bond motifs is 2. The van der Waals surface area contributed by atoms with Crippen LogP contribution in [0.2, 0.25) is 0 Å². The smallest absolute Gasteiger partial charge is 0.328 e. The molecule has 7 heteroatoms. The van der Waals surface area contributed by atoms with Crippen LogP contribution in [0.1, 0.15) is 17.0 Å². The number of benzene rings is 2. The van der Waals surface area contributed by atoms with Gasteiger partial charge in [-0.05, 0) is 16.3 Å². The van der Waals surface area contributed by atoms with Gasteiger partial charge in [0.1, 0.15) is 6.07 Å². The van der Waals surface area contributed by atoms with Crippen LogP contribution < -0.4 is 21.7 Å². The Labute approximate surface area is 141 Å². The van der Waals surface area contributed by atoms with Gasteiger partial charge >= 0.3 is 5.69 Å². The third-order valence-corrected chi connectivity index (χ3v) is 4.25. The Hall–Kier alpha value is -3.79. The molecule has 25 heavy (non-hydrogen) atoms. The molecule has 0 aliphatic carbocycles. The number of H-pyrrole nitrogens is 2. The summed E-state index contributed by atoms with van der Waals surface area (Å²) in [6, 6.07) is 15.2. The number of nitrogens with one attached hydrogen (secondary N) is 2. The van der Waals surface area contributed by atoms with Crippen molar-refractivity contribution in [3.05, 3.63) is 85.9 Å². The van der Waals surface area contributed by atoms with E-state index in [0.29, 0.717) is 0 Å². The maximum absolute atomic E-state index is 12.4. The van der Waals surface area contributed by atoms with Gasteiger partial charge in [-0.2, -0.15) is 5.26 Å². The van der Waals surface area contributed by atoms with Crippen molar-refractivity contribution in [3.8, 4) is 11.9 Å². The summed E-state index contributed by atoms with van der Waals surface area (Å²) >= 11 is 0. The molecule has 1 aliphatic rings. The minimum absolute atomic E-state index is 0.0579. The Morgan fingerprint density at radius 1 is 1.08 bits per heavy atom. The number of hydrogen-bond donors (Lipinski definition) is 3. The van der Waals surface area contributed by atoms with Crippen molar-refractivity contribution in [1.82, 2.24) is 9.97 Å². The second kappa shape index (κ2) is 5.39. The number of nitrogens with two attached hydrogens (primary N) is 1. The maximum Gasteiger partial charge on any atom is 0.328 e. The molecule has 0 saturated carbocycles. The van der Waals surface area contributed by atoms with E-state index < -0.39 is 17.2 Å². The van der Waals surface area contributed by atoms with Gasteiger partial charge < -0.3 is 10.5 Å². The first-order valence-electron chi connectivity index (χ1n) is 7.52. The zero-order valence-corrected chi connectivity index (χ0v) is 12.9. The number of hydrogen-bond acceptors (Lipinski definition) is 5. The third kappa shape index (κ3) is 2.20. The number of nitrogens with zero attached hydrogens (tertiary/aromatic N) is 1. The fourth-order valence-electron chi connectivity index (χ4n) is 3.18. The Kier molecular flexibility index (Phi) is 3.18. The summed E-state index contributed by atoms with van der Waals surface area (Å²) in [6.07, 6.45) is 0. The van der Waals surface area contributed by atoms with E-state index in [2.05, 4.69) is 9.97 Å². The summed E-state index contributed by atoms with van der Waals surface area (Å²) in [5.41, 5.74) is 5.91. The lowest BCUT2D eigenvalue weighted by molar-refractivity contribution is 0.393. The monoisotopic (exact) mass is 332 g/mol. The van der Waals surface area contributed by atoms with Crippen molar-refractivity contribution in [1.29, 1.82) is 5.26 Å². The summed E-state index contributed by atoms with van der Waals surface area (Å²) < 4.78 is 5.34. The number of aromatic nitrogens is 2. The quantitative estimate of drug-likeness (QED) is 0.622. The van der Waals surface area contributed by atoms with E-state index in [-0.39, 0.29) is 22.9 Å². The molecule has 7 nitrogen and oxygen atoms in total. The van der Waals surface area contributed by atoms with Gasteiger partial charge in [0.05, 0.1) is 17.2 Å². The number of ether oxygens (including phenoxy) is 1. The van der Waals surface area contributed by atoms with Crippen LogP contribution in [0.15, 0.2) is 63.5 Å². The Bertz CT molecular complexity index is 1190. The van der Waals surface area contributed by atoms with Crippen LogP contribution in [0.4, 0.5) is 0 Å². The van der Waals surface area contributed by atoms with E-state index >= 15 is 0 Å². The van der Waals surface area contributed by atoms with Gasteiger partial charge in [-0.3, -0.25) is 14.8 Å². The molecule has 4 rings (SSSR count). The molecule has 0 bridgehead atoms. The first-order chi connectivity index (χ1) is 12.1. The Morgan fingerprint density at radius 2 is 1.84 bits per heavy atom. The van der Waals surface area contributed by atoms with E-state index in [1.54, 1.807) is 0 Å². The lowest BCUT2D eigenvalue weighted by Crippen LogP contribution is -2.33.